The number of aromatic nitrogens is 2. The van der Waals surface area contributed by atoms with Gasteiger partial charge in [-0.05, 0) is 6.07 Å². The predicted octanol–water partition coefficient (Wildman–Crippen LogP) is 3.08. The van der Waals surface area contributed by atoms with Gasteiger partial charge in [0.2, 0.25) is 0 Å². The fourth-order valence-corrected chi connectivity index (χ4v) is 1.63. The number of nitrogen functional groups attached to an aromatic ring is 1. The number of benzene rings is 1. The molecule has 0 saturated heterocycles. The van der Waals surface area contributed by atoms with Gasteiger partial charge in [-0.1, -0.05) is 18.2 Å². The summed E-state index contributed by atoms with van der Waals surface area (Å²) in [4.78, 5) is 0. The van der Waals surface area contributed by atoms with E-state index in [1.807, 2.05) is 6.07 Å². The molecule has 1 aromatic carbocycles. The Balaban J connectivity index is 2.14. The van der Waals surface area contributed by atoms with E-state index in [9.17, 15) is 13.2 Å². The van der Waals surface area contributed by atoms with E-state index in [4.69, 9.17) is 5.73 Å². The second-order valence-electron chi connectivity index (χ2n) is 3.94. The van der Waals surface area contributed by atoms with Crippen LogP contribution in [-0.2, 0) is 6.54 Å². The van der Waals surface area contributed by atoms with Crippen molar-refractivity contribution in [2.45, 2.75) is 19.1 Å². The summed E-state index contributed by atoms with van der Waals surface area (Å²) >= 11 is 0. The largest absolute Gasteiger partial charge is 0.398 e. The molecular weight excluding hydrogens is 243 g/mol. The van der Waals surface area contributed by atoms with Crippen LogP contribution >= 0.6 is 0 Å². The Kier molecular flexibility index (Phi) is 3.27. The predicted molar refractivity (Wildman–Crippen MR) is 62.7 cm³/mol. The highest BCUT2D eigenvalue weighted by atomic mass is 19.4. The van der Waals surface area contributed by atoms with Crippen molar-refractivity contribution in [2.24, 2.45) is 0 Å². The zero-order valence-electron chi connectivity index (χ0n) is 9.48. The van der Waals surface area contributed by atoms with Crippen LogP contribution in [0.5, 0.6) is 0 Å². The van der Waals surface area contributed by atoms with Gasteiger partial charge < -0.3 is 5.73 Å². The maximum Gasteiger partial charge on any atom is 0.390 e. The van der Waals surface area contributed by atoms with Gasteiger partial charge in [-0.15, -0.1) is 0 Å². The highest BCUT2D eigenvalue weighted by Crippen LogP contribution is 2.25. The Morgan fingerprint density at radius 3 is 2.61 bits per heavy atom. The van der Waals surface area contributed by atoms with Crippen LogP contribution in [0.2, 0.25) is 0 Å². The minimum absolute atomic E-state index is 0.184. The zero-order chi connectivity index (χ0) is 13.2. The fourth-order valence-electron chi connectivity index (χ4n) is 1.63. The van der Waals surface area contributed by atoms with Crippen LogP contribution in [-0.4, -0.2) is 16.0 Å². The molecule has 0 aliphatic rings. The number of hydrogen-bond acceptors (Lipinski definition) is 2. The van der Waals surface area contributed by atoms with Gasteiger partial charge in [-0.25, -0.2) is 0 Å². The first-order chi connectivity index (χ1) is 8.46. The third kappa shape index (κ3) is 3.03. The molecule has 96 valence electrons. The summed E-state index contributed by atoms with van der Waals surface area (Å²) in [7, 11) is 0. The van der Waals surface area contributed by atoms with E-state index >= 15 is 0 Å². The molecule has 3 nitrogen and oxygen atoms in total. The van der Waals surface area contributed by atoms with Gasteiger partial charge in [0.15, 0.2) is 0 Å². The number of nitrogens with zero attached hydrogens (tertiary/aromatic N) is 2. The Bertz CT molecular complexity index is 531. The maximum absolute atomic E-state index is 12.1. The molecule has 0 amide bonds. The van der Waals surface area contributed by atoms with Gasteiger partial charge in [-0.3, -0.25) is 4.68 Å². The molecule has 0 aliphatic heterocycles. The number of para-hydroxylation sites is 1. The lowest BCUT2D eigenvalue weighted by atomic mass is 10.1. The SMILES string of the molecule is Nc1ccccc1-c1cnn(CCC(F)(F)F)c1. The smallest absolute Gasteiger partial charge is 0.390 e. The molecule has 18 heavy (non-hydrogen) atoms. The first-order valence-corrected chi connectivity index (χ1v) is 5.40. The molecule has 1 aromatic heterocycles. The van der Waals surface area contributed by atoms with E-state index in [2.05, 4.69) is 5.10 Å². The van der Waals surface area contributed by atoms with Gasteiger partial charge in [-0.2, -0.15) is 18.3 Å². The maximum atomic E-state index is 12.1. The molecule has 2 N–H and O–H groups in total. The number of alkyl halides is 3. The summed E-state index contributed by atoms with van der Waals surface area (Å²) in [6.07, 6.45) is -1.98. The summed E-state index contributed by atoms with van der Waals surface area (Å²) < 4.78 is 37.5. The first-order valence-electron chi connectivity index (χ1n) is 5.40. The molecule has 2 rings (SSSR count). The minimum Gasteiger partial charge on any atom is -0.398 e. The van der Waals surface area contributed by atoms with Crippen molar-refractivity contribution in [3.8, 4) is 11.1 Å². The average Bonchev–Trinajstić information content (AvgIpc) is 2.75. The number of nitrogens with two attached hydrogens (primary N) is 1. The van der Waals surface area contributed by atoms with E-state index in [1.165, 1.54) is 10.9 Å². The Labute approximate surface area is 102 Å². The van der Waals surface area contributed by atoms with Crippen LogP contribution < -0.4 is 5.73 Å². The molecule has 1 heterocycles. The molecule has 0 saturated carbocycles. The van der Waals surface area contributed by atoms with E-state index in [0.717, 1.165) is 11.1 Å². The molecule has 2 aromatic rings. The lowest BCUT2D eigenvalue weighted by Gasteiger charge is -2.05. The summed E-state index contributed by atoms with van der Waals surface area (Å²) in [5.41, 5.74) is 7.86. The normalized spacial score (nSPS) is 11.7. The second-order valence-corrected chi connectivity index (χ2v) is 3.94. The van der Waals surface area contributed by atoms with Gasteiger partial charge in [0.25, 0.3) is 0 Å². The summed E-state index contributed by atoms with van der Waals surface area (Å²) in [6, 6.07) is 7.16. The third-order valence-corrected chi connectivity index (χ3v) is 2.53. The molecule has 0 unspecified atom stereocenters. The number of rotatable bonds is 3. The third-order valence-electron chi connectivity index (χ3n) is 2.53. The van der Waals surface area contributed by atoms with Crippen LogP contribution in [0.1, 0.15) is 6.42 Å². The Hall–Kier alpha value is -1.98. The van der Waals surface area contributed by atoms with Crippen molar-refractivity contribution in [2.75, 3.05) is 5.73 Å². The number of aryl methyl sites for hydroxylation is 1. The van der Waals surface area contributed by atoms with Crippen molar-refractivity contribution in [3.63, 3.8) is 0 Å². The molecule has 0 fully saturated rings. The molecule has 0 spiro atoms. The van der Waals surface area contributed by atoms with Crippen LogP contribution in [0.15, 0.2) is 36.7 Å². The van der Waals surface area contributed by atoms with Gasteiger partial charge in [0.05, 0.1) is 12.6 Å². The molecular formula is C12H12F3N3. The monoisotopic (exact) mass is 255 g/mol. The van der Waals surface area contributed by atoms with Gasteiger partial charge >= 0.3 is 6.18 Å². The van der Waals surface area contributed by atoms with Crippen molar-refractivity contribution in [1.82, 2.24) is 9.78 Å². The van der Waals surface area contributed by atoms with Gasteiger partial charge in [0.1, 0.15) is 0 Å². The summed E-state index contributed by atoms with van der Waals surface area (Å²) in [5, 5.41) is 3.90. The van der Waals surface area contributed by atoms with E-state index in [1.54, 1.807) is 24.4 Å². The summed E-state index contributed by atoms with van der Waals surface area (Å²) in [6.45, 7) is -0.184. The number of hydrogen-bond donors (Lipinski definition) is 1. The minimum atomic E-state index is -4.17. The average molecular weight is 255 g/mol. The first kappa shape index (κ1) is 12.5. The van der Waals surface area contributed by atoms with Crippen LogP contribution in [0.4, 0.5) is 18.9 Å². The molecule has 0 aliphatic carbocycles. The van der Waals surface area contributed by atoms with Crippen molar-refractivity contribution >= 4 is 5.69 Å². The van der Waals surface area contributed by atoms with Crippen molar-refractivity contribution in [3.05, 3.63) is 36.7 Å². The Morgan fingerprint density at radius 1 is 1.22 bits per heavy atom. The lowest BCUT2D eigenvalue weighted by molar-refractivity contribution is -0.137. The van der Waals surface area contributed by atoms with Crippen molar-refractivity contribution in [1.29, 1.82) is 0 Å². The summed E-state index contributed by atoms with van der Waals surface area (Å²) in [5.74, 6) is 0. The standard InChI is InChI=1S/C12H12F3N3/c13-12(14,15)5-6-18-8-9(7-17-18)10-3-1-2-4-11(10)16/h1-4,7-8H,5-6,16H2. The fraction of sp³-hybridized carbons (Fsp3) is 0.250. The highest BCUT2D eigenvalue weighted by molar-refractivity contribution is 5.75. The molecule has 0 bridgehead atoms. The lowest BCUT2D eigenvalue weighted by Crippen LogP contribution is -2.12. The van der Waals surface area contributed by atoms with E-state index < -0.39 is 12.6 Å². The van der Waals surface area contributed by atoms with Crippen LogP contribution in [0.3, 0.4) is 0 Å². The number of halogens is 3. The molecule has 0 atom stereocenters. The van der Waals surface area contributed by atoms with Gasteiger partial charge in [0, 0.05) is 29.6 Å². The molecule has 6 heteroatoms. The zero-order valence-corrected chi connectivity index (χ0v) is 9.48. The quantitative estimate of drug-likeness (QED) is 0.856. The van der Waals surface area contributed by atoms with E-state index in [0.29, 0.717) is 5.69 Å². The second kappa shape index (κ2) is 4.72. The highest BCUT2D eigenvalue weighted by Gasteiger charge is 2.26. The molecule has 0 radical (unpaired) electrons. The van der Waals surface area contributed by atoms with Crippen LogP contribution in [0.25, 0.3) is 11.1 Å². The van der Waals surface area contributed by atoms with Crippen LogP contribution in [0, 0.1) is 0 Å². The topological polar surface area (TPSA) is 43.8 Å². The number of anilines is 1. The Morgan fingerprint density at radius 2 is 1.94 bits per heavy atom. The van der Waals surface area contributed by atoms with Crippen molar-refractivity contribution < 1.29 is 13.2 Å². The van der Waals surface area contributed by atoms with E-state index in [-0.39, 0.29) is 6.54 Å².